The first-order chi connectivity index (χ1) is 16.3. The summed E-state index contributed by atoms with van der Waals surface area (Å²) in [6, 6.07) is 13.0. The molecule has 2 aromatic heterocycles. The summed E-state index contributed by atoms with van der Waals surface area (Å²) in [7, 11) is -0.758. The van der Waals surface area contributed by atoms with Crippen LogP contribution in [0.4, 0.5) is 0 Å². The van der Waals surface area contributed by atoms with E-state index in [0.29, 0.717) is 28.5 Å². The van der Waals surface area contributed by atoms with Gasteiger partial charge in [-0.05, 0) is 30.3 Å². The molecule has 0 saturated carbocycles. The van der Waals surface area contributed by atoms with Crippen LogP contribution in [0.1, 0.15) is 0 Å². The van der Waals surface area contributed by atoms with Crippen LogP contribution in [0.3, 0.4) is 0 Å². The molecule has 0 atom stereocenters. The van der Waals surface area contributed by atoms with Crippen molar-refractivity contribution in [1.29, 1.82) is 0 Å². The molecule has 0 bridgehead atoms. The van der Waals surface area contributed by atoms with Gasteiger partial charge in [0.2, 0.25) is 15.9 Å². The van der Waals surface area contributed by atoms with Crippen LogP contribution in [-0.2, 0) is 10.0 Å². The number of rotatable bonds is 9. The van der Waals surface area contributed by atoms with Gasteiger partial charge in [-0.25, -0.2) is 13.1 Å². The maximum atomic E-state index is 12.5. The van der Waals surface area contributed by atoms with Crippen molar-refractivity contribution in [3.63, 3.8) is 0 Å². The highest BCUT2D eigenvalue weighted by atomic mass is 35.5. The molecule has 2 heterocycles. The minimum Gasteiger partial charge on any atom is -0.497 e. The van der Waals surface area contributed by atoms with Crippen LogP contribution in [0.5, 0.6) is 17.4 Å². The van der Waals surface area contributed by atoms with Gasteiger partial charge in [0, 0.05) is 18.7 Å². The topological polar surface area (TPSA) is 117 Å². The molecular formula is C21H19Cl2N5O5S. The van der Waals surface area contributed by atoms with E-state index < -0.39 is 10.0 Å². The molecule has 4 aromatic rings. The van der Waals surface area contributed by atoms with Crippen molar-refractivity contribution in [2.24, 2.45) is 0 Å². The van der Waals surface area contributed by atoms with Crippen LogP contribution >= 0.6 is 23.2 Å². The molecule has 178 valence electrons. The van der Waals surface area contributed by atoms with Gasteiger partial charge in [-0.2, -0.15) is 4.52 Å². The van der Waals surface area contributed by atoms with Crippen molar-refractivity contribution in [3.8, 4) is 28.8 Å². The SMILES string of the molecule is COc1ccc(-c2nnc3ccc(OCCNS(=O)(=O)c4cccc(Cl)c4Cl)nn23)c(OC)c1. The Balaban J connectivity index is 1.49. The molecule has 13 heteroatoms. The van der Waals surface area contributed by atoms with Crippen LogP contribution in [0.25, 0.3) is 17.0 Å². The van der Waals surface area contributed by atoms with Crippen molar-refractivity contribution in [3.05, 3.63) is 58.6 Å². The summed E-state index contributed by atoms with van der Waals surface area (Å²) in [5, 5.41) is 12.9. The molecule has 0 aliphatic rings. The summed E-state index contributed by atoms with van der Waals surface area (Å²) in [4.78, 5) is -0.108. The third kappa shape index (κ3) is 4.87. The molecule has 0 unspecified atom stereocenters. The first-order valence-electron chi connectivity index (χ1n) is 9.85. The molecule has 0 aliphatic heterocycles. The number of nitrogens with one attached hydrogen (secondary N) is 1. The van der Waals surface area contributed by atoms with Crippen molar-refractivity contribution < 1.29 is 22.6 Å². The molecule has 0 amide bonds. The molecule has 10 nitrogen and oxygen atoms in total. The third-order valence-electron chi connectivity index (χ3n) is 4.74. The van der Waals surface area contributed by atoms with Crippen LogP contribution in [0.2, 0.25) is 10.0 Å². The fourth-order valence-electron chi connectivity index (χ4n) is 3.10. The van der Waals surface area contributed by atoms with E-state index in [-0.39, 0.29) is 34.0 Å². The maximum absolute atomic E-state index is 12.5. The second-order valence-corrected chi connectivity index (χ2v) is 9.35. The molecule has 2 aromatic carbocycles. The zero-order valence-electron chi connectivity index (χ0n) is 18.0. The largest absolute Gasteiger partial charge is 0.497 e. The molecule has 0 saturated heterocycles. The van der Waals surface area contributed by atoms with E-state index in [1.807, 2.05) is 0 Å². The Bertz CT molecular complexity index is 1450. The van der Waals surface area contributed by atoms with E-state index >= 15 is 0 Å². The molecular weight excluding hydrogens is 505 g/mol. The van der Waals surface area contributed by atoms with Gasteiger partial charge in [0.1, 0.15) is 23.0 Å². The lowest BCUT2D eigenvalue weighted by molar-refractivity contribution is 0.306. The Kier molecular flexibility index (Phi) is 7.08. The Hall–Kier alpha value is -3.12. The molecule has 0 spiro atoms. The van der Waals surface area contributed by atoms with Crippen LogP contribution in [0, 0.1) is 0 Å². The first kappa shape index (κ1) is 24.0. The van der Waals surface area contributed by atoms with Gasteiger partial charge < -0.3 is 14.2 Å². The fourth-order valence-corrected chi connectivity index (χ4v) is 4.87. The number of methoxy groups -OCH3 is 2. The van der Waals surface area contributed by atoms with Gasteiger partial charge in [-0.1, -0.05) is 29.3 Å². The van der Waals surface area contributed by atoms with Gasteiger partial charge in [0.25, 0.3) is 0 Å². The summed E-state index contributed by atoms with van der Waals surface area (Å²) >= 11 is 11.9. The zero-order chi connectivity index (χ0) is 24.3. The van der Waals surface area contributed by atoms with Crippen LogP contribution in [-0.4, -0.2) is 55.6 Å². The molecule has 34 heavy (non-hydrogen) atoms. The van der Waals surface area contributed by atoms with Crippen LogP contribution < -0.4 is 18.9 Å². The summed E-state index contributed by atoms with van der Waals surface area (Å²) in [5.41, 5.74) is 1.16. The van der Waals surface area contributed by atoms with E-state index in [4.69, 9.17) is 37.4 Å². The average molecular weight is 524 g/mol. The quantitative estimate of drug-likeness (QED) is 0.331. The van der Waals surface area contributed by atoms with Gasteiger partial charge >= 0.3 is 0 Å². The number of sulfonamides is 1. The van der Waals surface area contributed by atoms with Gasteiger partial charge in [-0.15, -0.1) is 15.3 Å². The fraction of sp³-hybridized carbons (Fsp3) is 0.190. The van der Waals surface area contributed by atoms with Crippen molar-refractivity contribution in [2.75, 3.05) is 27.4 Å². The second kappa shape index (κ2) is 10.0. The van der Waals surface area contributed by atoms with Crippen LogP contribution in [0.15, 0.2) is 53.4 Å². The summed E-state index contributed by atoms with van der Waals surface area (Å²) < 4.78 is 45.2. The summed E-state index contributed by atoms with van der Waals surface area (Å²) in [6.45, 7) is -0.00846. The second-order valence-electron chi connectivity index (χ2n) is 6.83. The lowest BCUT2D eigenvalue weighted by Gasteiger charge is -2.11. The predicted molar refractivity (Wildman–Crippen MR) is 126 cm³/mol. The van der Waals surface area contributed by atoms with Crippen molar-refractivity contribution >= 4 is 38.9 Å². The molecule has 4 rings (SSSR count). The normalized spacial score (nSPS) is 11.5. The number of hydrogen-bond donors (Lipinski definition) is 1. The lowest BCUT2D eigenvalue weighted by atomic mass is 10.2. The summed E-state index contributed by atoms with van der Waals surface area (Å²) in [6.07, 6.45) is 0. The number of hydrogen-bond acceptors (Lipinski definition) is 8. The monoisotopic (exact) mass is 523 g/mol. The third-order valence-corrected chi connectivity index (χ3v) is 7.17. The Morgan fingerprint density at radius 1 is 1.03 bits per heavy atom. The van der Waals surface area contributed by atoms with E-state index in [2.05, 4.69) is 20.0 Å². The first-order valence-corrected chi connectivity index (χ1v) is 12.1. The highest BCUT2D eigenvalue weighted by Crippen LogP contribution is 2.32. The smallest absolute Gasteiger partial charge is 0.242 e. The Morgan fingerprint density at radius 3 is 2.62 bits per heavy atom. The number of aromatic nitrogens is 4. The van der Waals surface area contributed by atoms with Crippen molar-refractivity contribution in [2.45, 2.75) is 4.90 Å². The molecule has 1 N–H and O–H groups in total. The van der Waals surface area contributed by atoms with Crippen molar-refractivity contribution in [1.82, 2.24) is 24.5 Å². The number of benzene rings is 2. The van der Waals surface area contributed by atoms with Gasteiger partial charge in [0.15, 0.2) is 11.5 Å². The average Bonchev–Trinajstić information content (AvgIpc) is 3.26. The minimum absolute atomic E-state index is 0.0131. The number of nitrogens with zero attached hydrogens (tertiary/aromatic N) is 4. The molecule has 0 fully saturated rings. The van der Waals surface area contributed by atoms with Gasteiger partial charge in [-0.3, -0.25) is 0 Å². The maximum Gasteiger partial charge on any atom is 0.242 e. The lowest BCUT2D eigenvalue weighted by Crippen LogP contribution is -2.28. The van der Waals surface area contributed by atoms with E-state index in [1.54, 1.807) is 44.6 Å². The standard InChI is InChI=1S/C21H19Cl2N5O5S/c1-31-13-6-7-14(16(12-13)32-2)21-26-25-18-8-9-19(27-28(18)21)33-11-10-24-34(29,30)17-5-3-4-15(22)20(17)23/h3-9,12,24H,10-11H2,1-2H3. The molecule has 0 aliphatic carbocycles. The molecule has 0 radical (unpaired) electrons. The Morgan fingerprint density at radius 2 is 1.85 bits per heavy atom. The highest BCUT2D eigenvalue weighted by Gasteiger charge is 2.19. The Labute approximate surface area is 205 Å². The number of fused-ring (bicyclic) bond motifs is 1. The van der Waals surface area contributed by atoms with E-state index in [1.165, 1.54) is 22.7 Å². The number of halogens is 2. The number of ether oxygens (including phenoxy) is 3. The highest BCUT2D eigenvalue weighted by molar-refractivity contribution is 7.89. The minimum atomic E-state index is -3.87. The van der Waals surface area contributed by atoms with E-state index in [0.717, 1.165) is 0 Å². The van der Waals surface area contributed by atoms with E-state index in [9.17, 15) is 8.42 Å². The van der Waals surface area contributed by atoms with Gasteiger partial charge in [0.05, 0.1) is 29.8 Å². The zero-order valence-corrected chi connectivity index (χ0v) is 20.4. The predicted octanol–water partition coefficient (Wildman–Crippen LogP) is 3.47. The summed E-state index contributed by atoms with van der Waals surface area (Å²) in [5.74, 6) is 1.86.